The van der Waals surface area contributed by atoms with Crippen LogP contribution in [0.25, 0.3) is 0 Å². The number of amides is 2. The highest BCUT2D eigenvalue weighted by Gasteiger charge is 2.26. The number of piperazine rings is 1. The number of nitrogens with zero attached hydrogens (tertiary/aromatic N) is 4. The molecule has 34 heavy (non-hydrogen) atoms. The van der Waals surface area contributed by atoms with Crippen LogP contribution in [0.15, 0.2) is 48.5 Å². The number of carbonyl (C=O) groups is 2. The minimum absolute atomic E-state index is 0.0374. The van der Waals surface area contributed by atoms with Gasteiger partial charge >= 0.3 is 0 Å². The molecular formula is C26H34N4O4. The lowest BCUT2D eigenvalue weighted by molar-refractivity contribution is -0.385. The second-order valence-corrected chi connectivity index (χ2v) is 8.91. The predicted octanol–water partition coefficient (Wildman–Crippen LogP) is 3.88. The first-order valence-electron chi connectivity index (χ1n) is 11.9. The number of rotatable bonds is 9. The van der Waals surface area contributed by atoms with Gasteiger partial charge in [0.1, 0.15) is 0 Å². The van der Waals surface area contributed by atoms with Crippen LogP contribution < -0.4 is 0 Å². The molecule has 0 bridgehead atoms. The van der Waals surface area contributed by atoms with Crippen molar-refractivity contribution in [2.75, 3.05) is 32.7 Å². The summed E-state index contributed by atoms with van der Waals surface area (Å²) < 4.78 is 0. The van der Waals surface area contributed by atoms with Crippen molar-refractivity contribution in [1.82, 2.24) is 14.7 Å². The molecule has 3 rings (SSSR count). The third-order valence-electron chi connectivity index (χ3n) is 6.58. The number of carbonyl (C=O) groups excluding carboxylic acids is 2. The van der Waals surface area contributed by atoms with Gasteiger partial charge in [0, 0.05) is 68.9 Å². The molecule has 0 aliphatic carbocycles. The molecule has 1 atom stereocenters. The first-order chi connectivity index (χ1) is 16.3. The van der Waals surface area contributed by atoms with E-state index < -0.39 is 4.92 Å². The maximum Gasteiger partial charge on any atom is 0.273 e. The molecular weight excluding hydrogens is 432 g/mol. The Morgan fingerprint density at radius 1 is 1.09 bits per heavy atom. The fourth-order valence-electron chi connectivity index (χ4n) is 4.22. The van der Waals surface area contributed by atoms with Crippen LogP contribution >= 0.6 is 0 Å². The van der Waals surface area contributed by atoms with E-state index in [2.05, 4.69) is 17.0 Å². The third-order valence-corrected chi connectivity index (χ3v) is 6.58. The first kappa shape index (κ1) is 25.4. The standard InChI is InChI=1S/C26H34N4O4/c1-4-21(3)29(26(32)23-11-10-20(2)24(18-23)30(33)34)13-12-25(31)28-16-14-27(15-17-28)19-22-8-6-5-7-9-22/h5-11,18,21H,4,12-17,19H2,1-3H3. The molecule has 2 aromatic carbocycles. The van der Waals surface area contributed by atoms with Gasteiger partial charge in [-0.05, 0) is 31.9 Å². The fraction of sp³-hybridized carbons (Fsp3) is 0.462. The van der Waals surface area contributed by atoms with Crippen molar-refractivity contribution < 1.29 is 14.5 Å². The summed E-state index contributed by atoms with van der Waals surface area (Å²) in [4.78, 5) is 42.8. The van der Waals surface area contributed by atoms with Gasteiger partial charge < -0.3 is 9.80 Å². The molecule has 8 heteroatoms. The van der Waals surface area contributed by atoms with E-state index in [9.17, 15) is 19.7 Å². The summed E-state index contributed by atoms with van der Waals surface area (Å²) in [5, 5.41) is 11.3. The van der Waals surface area contributed by atoms with E-state index in [1.165, 1.54) is 11.6 Å². The van der Waals surface area contributed by atoms with Gasteiger partial charge in [-0.25, -0.2) is 0 Å². The largest absolute Gasteiger partial charge is 0.340 e. The second kappa shape index (κ2) is 11.7. The highest BCUT2D eigenvalue weighted by Crippen LogP contribution is 2.21. The van der Waals surface area contributed by atoms with Gasteiger partial charge in [0.15, 0.2) is 0 Å². The lowest BCUT2D eigenvalue weighted by Crippen LogP contribution is -2.49. The Morgan fingerprint density at radius 3 is 2.38 bits per heavy atom. The fourth-order valence-corrected chi connectivity index (χ4v) is 4.22. The normalized spacial score (nSPS) is 15.1. The summed E-state index contributed by atoms with van der Waals surface area (Å²) in [6.45, 7) is 9.73. The minimum Gasteiger partial charge on any atom is -0.340 e. The van der Waals surface area contributed by atoms with Crippen molar-refractivity contribution in [3.63, 3.8) is 0 Å². The monoisotopic (exact) mass is 466 g/mol. The number of hydrogen-bond acceptors (Lipinski definition) is 5. The highest BCUT2D eigenvalue weighted by atomic mass is 16.6. The van der Waals surface area contributed by atoms with Crippen molar-refractivity contribution in [2.45, 2.75) is 46.2 Å². The lowest BCUT2D eigenvalue weighted by Gasteiger charge is -2.35. The molecule has 1 aliphatic heterocycles. The highest BCUT2D eigenvalue weighted by molar-refractivity contribution is 5.95. The van der Waals surface area contributed by atoms with Crippen LogP contribution in [0.5, 0.6) is 0 Å². The molecule has 182 valence electrons. The minimum atomic E-state index is -0.472. The van der Waals surface area contributed by atoms with E-state index in [4.69, 9.17) is 0 Å². The summed E-state index contributed by atoms with van der Waals surface area (Å²) in [5.74, 6) is -0.242. The van der Waals surface area contributed by atoms with E-state index in [1.54, 1.807) is 24.0 Å². The van der Waals surface area contributed by atoms with Crippen molar-refractivity contribution >= 4 is 17.5 Å². The quantitative estimate of drug-likeness (QED) is 0.413. The van der Waals surface area contributed by atoms with E-state index in [1.807, 2.05) is 36.9 Å². The maximum atomic E-state index is 13.2. The van der Waals surface area contributed by atoms with Crippen molar-refractivity contribution in [3.8, 4) is 0 Å². The van der Waals surface area contributed by atoms with Gasteiger partial charge in [-0.2, -0.15) is 0 Å². The molecule has 0 aromatic heterocycles. The Bertz CT molecular complexity index is 1000. The lowest BCUT2D eigenvalue weighted by atomic mass is 10.1. The molecule has 0 radical (unpaired) electrons. The molecule has 0 saturated carbocycles. The number of aryl methyl sites for hydroxylation is 1. The Labute approximate surface area is 201 Å². The zero-order valence-electron chi connectivity index (χ0n) is 20.3. The molecule has 0 N–H and O–H groups in total. The average Bonchev–Trinajstić information content (AvgIpc) is 2.84. The first-order valence-corrected chi connectivity index (χ1v) is 11.9. The predicted molar refractivity (Wildman–Crippen MR) is 132 cm³/mol. The number of nitro benzene ring substituents is 1. The summed E-state index contributed by atoms with van der Waals surface area (Å²) in [5.41, 5.74) is 1.98. The molecule has 2 amide bonds. The van der Waals surface area contributed by atoms with Crippen LogP contribution in [0.2, 0.25) is 0 Å². The van der Waals surface area contributed by atoms with E-state index in [0.29, 0.717) is 25.2 Å². The van der Waals surface area contributed by atoms with Crippen LogP contribution in [0.4, 0.5) is 5.69 Å². The Hall–Kier alpha value is -3.26. The maximum absolute atomic E-state index is 13.2. The van der Waals surface area contributed by atoms with Gasteiger partial charge in [0.05, 0.1) is 4.92 Å². The van der Waals surface area contributed by atoms with Crippen LogP contribution in [-0.2, 0) is 11.3 Å². The van der Waals surface area contributed by atoms with E-state index in [-0.39, 0.29) is 35.5 Å². The summed E-state index contributed by atoms with van der Waals surface area (Å²) in [6.07, 6.45) is 0.967. The zero-order chi connectivity index (χ0) is 24.7. The van der Waals surface area contributed by atoms with Crippen molar-refractivity contribution in [1.29, 1.82) is 0 Å². The van der Waals surface area contributed by atoms with Crippen LogP contribution in [0, 0.1) is 17.0 Å². The molecule has 1 aliphatic rings. The van der Waals surface area contributed by atoms with Gasteiger partial charge in [-0.15, -0.1) is 0 Å². The van der Waals surface area contributed by atoms with E-state index >= 15 is 0 Å². The molecule has 1 fully saturated rings. The average molecular weight is 467 g/mol. The summed E-state index contributed by atoms with van der Waals surface area (Å²) in [7, 11) is 0. The van der Waals surface area contributed by atoms with Crippen molar-refractivity contribution in [3.05, 3.63) is 75.3 Å². The molecule has 2 aromatic rings. The Morgan fingerprint density at radius 2 is 1.76 bits per heavy atom. The number of benzene rings is 2. The number of nitro groups is 1. The Kier molecular flexibility index (Phi) is 8.76. The van der Waals surface area contributed by atoms with Crippen LogP contribution in [0.1, 0.15) is 48.2 Å². The van der Waals surface area contributed by atoms with Crippen molar-refractivity contribution in [2.24, 2.45) is 0 Å². The SMILES string of the molecule is CCC(C)N(CCC(=O)N1CCN(Cc2ccccc2)CC1)C(=O)c1ccc(C)c([N+](=O)[O-])c1. The molecule has 1 unspecified atom stereocenters. The second-order valence-electron chi connectivity index (χ2n) is 8.91. The van der Waals surface area contributed by atoms with Crippen LogP contribution in [-0.4, -0.2) is 70.2 Å². The smallest absolute Gasteiger partial charge is 0.273 e. The summed E-state index contributed by atoms with van der Waals surface area (Å²) in [6, 6.07) is 14.8. The van der Waals surface area contributed by atoms with Gasteiger partial charge in [-0.1, -0.05) is 43.3 Å². The summed E-state index contributed by atoms with van der Waals surface area (Å²) >= 11 is 0. The topological polar surface area (TPSA) is 87.0 Å². The van der Waals surface area contributed by atoms with Gasteiger partial charge in [0.25, 0.3) is 11.6 Å². The molecule has 1 saturated heterocycles. The zero-order valence-corrected chi connectivity index (χ0v) is 20.3. The molecule has 0 spiro atoms. The van der Waals surface area contributed by atoms with Crippen LogP contribution in [0.3, 0.4) is 0 Å². The third kappa shape index (κ3) is 6.41. The molecule has 8 nitrogen and oxygen atoms in total. The molecule has 1 heterocycles. The number of hydrogen-bond donors (Lipinski definition) is 0. The van der Waals surface area contributed by atoms with Gasteiger partial charge in [0.2, 0.25) is 5.91 Å². The van der Waals surface area contributed by atoms with E-state index in [0.717, 1.165) is 26.1 Å². The Balaban J connectivity index is 1.58. The van der Waals surface area contributed by atoms with Gasteiger partial charge in [-0.3, -0.25) is 24.6 Å².